The Morgan fingerprint density at radius 1 is 1.06 bits per heavy atom. The number of benzene rings is 1. The van der Waals surface area contributed by atoms with E-state index in [2.05, 4.69) is 0 Å². The largest absolute Gasteiger partial charge is 0.300 e. The lowest BCUT2D eigenvalue weighted by molar-refractivity contribution is 0.0677. The second-order valence-corrected chi connectivity index (χ2v) is 4.82. The normalized spacial score (nSPS) is 11.6. The molecule has 94 valence electrons. The van der Waals surface area contributed by atoms with Crippen LogP contribution in [0, 0.1) is 0 Å². The third kappa shape index (κ3) is 3.11. The number of carbonyl (C=O) groups excluding carboxylic acids is 1. The number of rotatable bonds is 4. The monoisotopic (exact) mass is 240 g/mol. The molecule has 0 aromatic heterocycles. The number of hydrogen-bond donors (Lipinski definition) is 0. The summed E-state index contributed by atoms with van der Waals surface area (Å²) in [6.07, 6.45) is -2.93. The van der Waals surface area contributed by atoms with Crippen LogP contribution in [-0.2, 0) is 0 Å². The Morgan fingerprint density at radius 3 is 2.06 bits per heavy atom. The molecule has 0 atom stereocenters. The van der Waals surface area contributed by atoms with E-state index in [1.54, 1.807) is 6.07 Å². The van der Waals surface area contributed by atoms with E-state index in [9.17, 15) is 13.6 Å². The number of alkyl halides is 2. The molecule has 0 saturated heterocycles. The molecular weight excluding hydrogens is 222 g/mol. The van der Waals surface area contributed by atoms with E-state index >= 15 is 0 Å². The van der Waals surface area contributed by atoms with Crippen molar-refractivity contribution in [3.63, 3.8) is 0 Å². The second kappa shape index (κ2) is 5.39. The van der Waals surface area contributed by atoms with Crippen molar-refractivity contribution in [1.29, 1.82) is 0 Å². The molecule has 0 aliphatic carbocycles. The summed E-state index contributed by atoms with van der Waals surface area (Å²) in [5, 5.41) is 0. The maximum absolute atomic E-state index is 12.5. The SMILES string of the molecule is CC(C)c1ccc(C(=O)C(F)F)c(C(C)C)c1. The molecule has 17 heavy (non-hydrogen) atoms. The molecule has 0 heterocycles. The molecule has 0 bridgehead atoms. The first-order valence-electron chi connectivity index (χ1n) is 5.80. The Kier molecular flexibility index (Phi) is 4.38. The predicted octanol–water partition coefficient (Wildman–Crippen LogP) is 4.38. The zero-order valence-corrected chi connectivity index (χ0v) is 10.6. The average molecular weight is 240 g/mol. The Morgan fingerprint density at radius 2 is 1.65 bits per heavy atom. The van der Waals surface area contributed by atoms with E-state index < -0.39 is 12.2 Å². The van der Waals surface area contributed by atoms with Crippen molar-refractivity contribution in [3.8, 4) is 0 Å². The van der Waals surface area contributed by atoms with Gasteiger partial charge in [0.25, 0.3) is 0 Å². The van der Waals surface area contributed by atoms with Crippen LogP contribution in [0.15, 0.2) is 18.2 Å². The lowest BCUT2D eigenvalue weighted by Gasteiger charge is -2.15. The minimum Gasteiger partial charge on any atom is -0.288 e. The summed E-state index contributed by atoms with van der Waals surface area (Å²) in [5.74, 6) is -0.696. The summed E-state index contributed by atoms with van der Waals surface area (Å²) in [5.41, 5.74) is 1.93. The molecule has 0 saturated carbocycles. The number of halogens is 2. The van der Waals surface area contributed by atoms with Gasteiger partial charge in [0, 0.05) is 5.56 Å². The van der Waals surface area contributed by atoms with Crippen molar-refractivity contribution >= 4 is 5.78 Å². The van der Waals surface area contributed by atoms with Gasteiger partial charge in [-0.1, -0.05) is 45.9 Å². The first-order chi connectivity index (χ1) is 7.84. The maximum atomic E-state index is 12.5. The smallest absolute Gasteiger partial charge is 0.288 e. The van der Waals surface area contributed by atoms with Crippen LogP contribution in [-0.4, -0.2) is 12.2 Å². The van der Waals surface area contributed by atoms with Crippen LogP contribution in [0.5, 0.6) is 0 Å². The molecule has 0 amide bonds. The van der Waals surface area contributed by atoms with Crippen LogP contribution in [0.1, 0.15) is 61.0 Å². The van der Waals surface area contributed by atoms with Gasteiger partial charge in [-0.05, 0) is 23.0 Å². The fourth-order valence-corrected chi connectivity index (χ4v) is 1.76. The number of carbonyl (C=O) groups is 1. The molecule has 1 nitrogen and oxygen atoms in total. The van der Waals surface area contributed by atoms with Gasteiger partial charge in [-0.2, -0.15) is 0 Å². The topological polar surface area (TPSA) is 17.1 Å². The van der Waals surface area contributed by atoms with Crippen LogP contribution in [0.3, 0.4) is 0 Å². The number of Topliss-reactive ketones (excluding diaryl/α,β-unsaturated/α-hetero) is 1. The zero-order valence-electron chi connectivity index (χ0n) is 10.6. The van der Waals surface area contributed by atoms with Crippen LogP contribution >= 0.6 is 0 Å². The molecular formula is C14H18F2O. The Hall–Kier alpha value is -1.25. The summed E-state index contributed by atoms with van der Waals surface area (Å²) in [7, 11) is 0. The van der Waals surface area contributed by atoms with E-state index in [4.69, 9.17) is 0 Å². The molecule has 3 heteroatoms. The minimum absolute atomic E-state index is 0.0615. The molecule has 1 aromatic rings. The highest BCUT2D eigenvalue weighted by Gasteiger charge is 2.22. The average Bonchev–Trinajstić information content (AvgIpc) is 2.26. The Bertz CT molecular complexity index is 409. The van der Waals surface area contributed by atoms with Crippen molar-refractivity contribution in [3.05, 3.63) is 34.9 Å². The standard InChI is InChI=1S/C14H18F2O/c1-8(2)10-5-6-11(13(17)14(15)16)12(7-10)9(3)4/h5-9,14H,1-4H3. The van der Waals surface area contributed by atoms with E-state index in [0.717, 1.165) is 5.56 Å². The van der Waals surface area contributed by atoms with E-state index in [1.165, 1.54) is 6.07 Å². The molecule has 0 radical (unpaired) electrons. The highest BCUT2D eigenvalue weighted by atomic mass is 19.3. The fraction of sp³-hybridized carbons (Fsp3) is 0.500. The summed E-state index contributed by atoms with van der Waals surface area (Å²) >= 11 is 0. The van der Waals surface area contributed by atoms with E-state index in [0.29, 0.717) is 11.5 Å². The van der Waals surface area contributed by atoms with Gasteiger partial charge in [-0.25, -0.2) is 8.78 Å². The van der Waals surface area contributed by atoms with Gasteiger partial charge < -0.3 is 0 Å². The number of hydrogen-bond acceptors (Lipinski definition) is 1. The highest BCUT2D eigenvalue weighted by Crippen LogP contribution is 2.26. The quantitative estimate of drug-likeness (QED) is 0.714. The molecule has 0 N–H and O–H groups in total. The lowest BCUT2D eigenvalue weighted by atomic mass is 9.90. The Balaban J connectivity index is 3.27. The molecule has 1 aromatic carbocycles. The van der Waals surface area contributed by atoms with Gasteiger partial charge in [-0.15, -0.1) is 0 Å². The molecule has 0 fully saturated rings. The second-order valence-electron chi connectivity index (χ2n) is 4.82. The van der Waals surface area contributed by atoms with Crippen molar-refractivity contribution < 1.29 is 13.6 Å². The van der Waals surface area contributed by atoms with E-state index in [1.807, 2.05) is 33.8 Å². The third-order valence-corrected chi connectivity index (χ3v) is 2.83. The maximum Gasteiger partial charge on any atom is 0.300 e. The molecule has 0 unspecified atom stereocenters. The minimum atomic E-state index is -2.93. The zero-order chi connectivity index (χ0) is 13.2. The van der Waals surface area contributed by atoms with Crippen LogP contribution in [0.2, 0.25) is 0 Å². The summed E-state index contributed by atoms with van der Waals surface area (Å²) in [6.45, 7) is 7.88. The van der Waals surface area contributed by atoms with Crippen molar-refractivity contribution in [2.24, 2.45) is 0 Å². The number of ketones is 1. The summed E-state index contributed by atoms with van der Waals surface area (Å²) < 4.78 is 24.9. The fourth-order valence-electron chi connectivity index (χ4n) is 1.76. The first kappa shape index (κ1) is 13.8. The third-order valence-electron chi connectivity index (χ3n) is 2.83. The van der Waals surface area contributed by atoms with Crippen LogP contribution in [0.25, 0.3) is 0 Å². The molecule has 1 rings (SSSR count). The van der Waals surface area contributed by atoms with E-state index in [-0.39, 0.29) is 11.5 Å². The lowest BCUT2D eigenvalue weighted by Crippen LogP contribution is -2.14. The van der Waals surface area contributed by atoms with Gasteiger partial charge in [0.15, 0.2) is 0 Å². The molecule has 0 spiro atoms. The van der Waals surface area contributed by atoms with Gasteiger partial charge in [0.05, 0.1) is 0 Å². The Labute approximate surface area is 101 Å². The highest BCUT2D eigenvalue weighted by molar-refractivity contribution is 6.00. The first-order valence-corrected chi connectivity index (χ1v) is 5.80. The van der Waals surface area contributed by atoms with Gasteiger partial charge >= 0.3 is 6.43 Å². The van der Waals surface area contributed by atoms with Crippen molar-refractivity contribution in [2.45, 2.75) is 46.0 Å². The van der Waals surface area contributed by atoms with Gasteiger partial charge in [0.2, 0.25) is 5.78 Å². The molecule has 0 aliphatic rings. The van der Waals surface area contributed by atoms with Crippen LogP contribution in [0.4, 0.5) is 8.78 Å². The van der Waals surface area contributed by atoms with Gasteiger partial charge in [-0.3, -0.25) is 4.79 Å². The van der Waals surface area contributed by atoms with Crippen molar-refractivity contribution in [2.75, 3.05) is 0 Å². The predicted molar refractivity (Wildman–Crippen MR) is 65.0 cm³/mol. The van der Waals surface area contributed by atoms with Gasteiger partial charge in [0.1, 0.15) is 0 Å². The van der Waals surface area contributed by atoms with Crippen LogP contribution < -0.4 is 0 Å². The summed E-state index contributed by atoms with van der Waals surface area (Å²) in [6, 6.07) is 5.15. The summed E-state index contributed by atoms with van der Waals surface area (Å²) in [4.78, 5) is 11.4. The van der Waals surface area contributed by atoms with Crippen molar-refractivity contribution in [1.82, 2.24) is 0 Å². The molecule has 0 aliphatic heterocycles.